The molecule has 0 radical (unpaired) electrons. The summed E-state index contributed by atoms with van der Waals surface area (Å²) in [6.45, 7) is 1.76. The smallest absolute Gasteiger partial charge is 0.0485 e. The lowest BCUT2D eigenvalue weighted by Crippen LogP contribution is -2.20. The number of rotatable bonds is 2. The van der Waals surface area contributed by atoms with Crippen LogP contribution in [0.1, 0.15) is 19.3 Å². The Balaban J connectivity index is 2.01. The van der Waals surface area contributed by atoms with Crippen LogP contribution in [0, 0.1) is 3.57 Å². The Morgan fingerprint density at radius 1 is 1.31 bits per heavy atom. The highest BCUT2D eigenvalue weighted by atomic mass is 127. The van der Waals surface area contributed by atoms with Crippen LogP contribution in [-0.2, 0) is 4.74 Å². The molecular formula is C12H15ClINO. The Labute approximate surface area is 115 Å². The minimum Gasteiger partial charge on any atom is -0.381 e. The lowest BCUT2D eigenvalue weighted by atomic mass is 10.1. The van der Waals surface area contributed by atoms with Crippen molar-refractivity contribution in [2.24, 2.45) is 0 Å². The molecule has 1 unspecified atom stereocenters. The van der Waals surface area contributed by atoms with Crippen LogP contribution >= 0.6 is 34.2 Å². The average molecular weight is 352 g/mol. The molecular weight excluding hydrogens is 336 g/mol. The van der Waals surface area contributed by atoms with Crippen molar-refractivity contribution in [2.45, 2.75) is 25.3 Å². The van der Waals surface area contributed by atoms with Crippen molar-refractivity contribution < 1.29 is 4.74 Å². The van der Waals surface area contributed by atoms with E-state index in [1.165, 1.54) is 15.7 Å². The Hall–Kier alpha value is -0.000000000000000111. The Morgan fingerprint density at radius 2 is 2.19 bits per heavy atom. The van der Waals surface area contributed by atoms with Gasteiger partial charge in [-0.1, -0.05) is 11.6 Å². The summed E-state index contributed by atoms with van der Waals surface area (Å²) in [6.07, 6.45) is 3.40. The third kappa shape index (κ3) is 3.50. The predicted octanol–water partition coefficient (Wildman–Crippen LogP) is 3.93. The molecule has 0 spiro atoms. The van der Waals surface area contributed by atoms with E-state index in [9.17, 15) is 0 Å². The molecule has 2 rings (SSSR count). The fourth-order valence-corrected chi connectivity index (χ4v) is 2.90. The van der Waals surface area contributed by atoms with E-state index in [0.29, 0.717) is 6.04 Å². The van der Waals surface area contributed by atoms with E-state index in [1.807, 2.05) is 12.1 Å². The number of hydrogen-bond donors (Lipinski definition) is 1. The molecule has 2 nitrogen and oxygen atoms in total. The van der Waals surface area contributed by atoms with Crippen LogP contribution in [-0.4, -0.2) is 19.3 Å². The van der Waals surface area contributed by atoms with Crippen molar-refractivity contribution in [3.8, 4) is 0 Å². The zero-order valence-corrected chi connectivity index (χ0v) is 11.9. The van der Waals surface area contributed by atoms with E-state index in [4.69, 9.17) is 16.3 Å². The third-order valence-electron chi connectivity index (χ3n) is 2.74. The maximum atomic E-state index is 5.93. The fraction of sp³-hybridized carbons (Fsp3) is 0.500. The number of anilines is 1. The highest BCUT2D eigenvalue weighted by Crippen LogP contribution is 2.24. The minimum absolute atomic E-state index is 0.525. The molecule has 1 aromatic carbocycles. The highest BCUT2D eigenvalue weighted by Gasteiger charge is 2.13. The lowest BCUT2D eigenvalue weighted by molar-refractivity contribution is 0.144. The molecule has 0 aliphatic carbocycles. The van der Waals surface area contributed by atoms with Gasteiger partial charge in [0.2, 0.25) is 0 Å². The number of nitrogens with one attached hydrogen (secondary N) is 1. The maximum Gasteiger partial charge on any atom is 0.0485 e. The molecule has 1 aliphatic heterocycles. The van der Waals surface area contributed by atoms with Gasteiger partial charge in [0, 0.05) is 33.5 Å². The zero-order chi connectivity index (χ0) is 11.4. The molecule has 0 saturated carbocycles. The van der Waals surface area contributed by atoms with E-state index >= 15 is 0 Å². The van der Waals surface area contributed by atoms with Crippen molar-refractivity contribution in [3.63, 3.8) is 0 Å². The normalized spacial score (nSPS) is 21.5. The van der Waals surface area contributed by atoms with Crippen molar-refractivity contribution in [3.05, 3.63) is 26.8 Å². The second kappa shape index (κ2) is 6.07. The first-order valence-corrected chi connectivity index (χ1v) is 7.01. The molecule has 88 valence electrons. The SMILES string of the molecule is Clc1ccc(NC2CCCOCC2)c(I)c1. The van der Waals surface area contributed by atoms with Crippen LogP contribution in [0.25, 0.3) is 0 Å². The molecule has 1 fully saturated rings. The Bertz CT molecular complexity index is 351. The molecule has 1 heterocycles. The Morgan fingerprint density at radius 3 is 3.00 bits per heavy atom. The van der Waals surface area contributed by atoms with Gasteiger partial charge in [0.15, 0.2) is 0 Å². The molecule has 1 aliphatic rings. The van der Waals surface area contributed by atoms with Crippen LogP contribution in [0.5, 0.6) is 0 Å². The summed E-state index contributed by atoms with van der Waals surface area (Å²) in [5, 5.41) is 4.36. The average Bonchev–Trinajstić information content (AvgIpc) is 2.51. The lowest BCUT2D eigenvalue weighted by Gasteiger charge is -2.18. The molecule has 1 atom stereocenters. The molecule has 4 heteroatoms. The van der Waals surface area contributed by atoms with Crippen LogP contribution in [0.2, 0.25) is 5.02 Å². The number of halogens is 2. The molecule has 1 aromatic rings. The van der Waals surface area contributed by atoms with E-state index in [2.05, 4.69) is 34.0 Å². The van der Waals surface area contributed by atoms with Crippen LogP contribution in [0.3, 0.4) is 0 Å². The summed E-state index contributed by atoms with van der Waals surface area (Å²) in [5.41, 5.74) is 1.18. The number of ether oxygens (including phenoxy) is 1. The first kappa shape index (κ1) is 12.5. The first-order chi connectivity index (χ1) is 7.75. The second-order valence-electron chi connectivity index (χ2n) is 4.01. The molecule has 0 amide bonds. The predicted molar refractivity (Wildman–Crippen MR) is 76.2 cm³/mol. The molecule has 16 heavy (non-hydrogen) atoms. The van der Waals surface area contributed by atoms with Crippen molar-refractivity contribution in [1.29, 1.82) is 0 Å². The van der Waals surface area contributed by atoms with E-state index in [-0.39, 0.29) is 0 Å². The monoisotopic (exact) mass is 351 g/mol. The minimum atomic E-state index is 0.525. The van der Waals surface area contributed by atoms with Crippen LogP contribution < -0.4 is 5.32 Å². The summed E-state index contributed by atoms with van der Waals surface area (Å²) in [7, 11) is 0. The van der Waals surface area contributed by atoms with E-state index in [1.54, 1.807) is 0 Å². The highest BCUT2D eigenvalue weighted by molar-refractivity contribution is 14.1. The van der Waals surface area contributed by atoms with Gasteiger partial charge in [-0.05, 0) is 60.1 Å². The van der Waals surface area contributed by atoms with E-state index < -0.39 is 0 Å². The summed E-state index contributed by atoms with van der Waals surface area (Å²) >= 11 is 8.25. The molecule has 0 aromatic heterocycles. The number of hydrogen-bond acceptors (Lipinski definition) is 2. The zero-order valence-electron chi connectivity index (χ0n) is 9.01. The molecule has 1 N–H and O–H groups in total. The summed E-state index contributed by atoms with van der Waals surface area (Å²) in [4.78, 5) is 0. The van der Waals surface area contributed by atoms with Crippen LogP contribution in [0.15, 0.2) is 18.2 Å². The van der Waals surface area contributed by atoms with Gasteiger partial charge in [-0.2, -0.15) is 0 Å². The van der Waals surface area contributed by atoms with Crippen molar-refractivity contribution in [2.75, 3.05) is 18.5 Å². The van der Waals surface area contributed by atoms with Crippen molar-refractivity contribution in [1.82, 2.24) is 0 Å². The summed E-state index contributed by atoms with van der Waals surface area (Å²) in [5.74, 6) is 0. The standard InChI is InChI=1S/C12H15ClINO/c13-9-3-4-12(11(14)8-9)15-10-2-1-6-16-7-5-10/h3-4,8,10,15H,1-2,5-7H2. The topological polar surface area (TPSA) is 21.3 Å². The van der Waals surface area contributed by atoms with Gasteiger partial charge in [0.1, 0.15) is 0 Å². The molecule has 0 bridgehead atoms. The van der Waals surface area contributed by atoms with Crippen LogP contribution in [0.4, 0.5) is 5.69 Å². The van der Waals surface area contributed by atoms with Gasteiger partial charge in [0.05, 0.1) is 0 Å². The number of benzene rings is 1. The quantitative estimate of drug-likeness (QED) is 0.815. The first-order valence-electron chi connectivity index (χ1n) is 5.55. The van der Waals surface area contributed by atoms with Gasteiger partial charge in [-0.25, -0.2) is 0 Å². The van der Waals surface area contributed by atoms with Gasteiger partial charge in [-0.15, -0.1) is 0 Å². The summed E-state index contributed by atoms with van der Waals surface area (Å²) in [6, 6.07) is 6.49. The summed E-state index contributed by atoms with van der Waals surface area (Å²) < 4.78 is 6.62. The van der Waals surface area contributed by atoms with Gasteiger partial charge >= 0.3 is 0 Å². The van der Waals surface area contributed by atoms with Gasteiger partial charge in [0.25, 0.3) is 0 Å². The largest absolute Gasteiger partial charge is 0.381 e. The maximum absolute atomic E-state index is 5.93. The van der Waals surface area contributed by atoms with Gasteiger partial charge in [-0.3, -0.25) is 0 Å². The molecule has 1 saturated heterocycles. The Kier molecular flexibility index (Phi) is 4.73. The van der Waals surface area contributed by atoms with E-state index in [0.717, 1.165) is 31.1 Å². The van der Waals surface area contributed by atoms with Gasteiger partial charge < -0.3 is 10.1 Å². The van der Waals surface area contributed by atoms with Crippen molar-refractivity contribution >= 4 is 39.9 Å². The second-order valence-corrected chi connectivity index (χ2v) is 5.61. The third-order valence-corrected chi connectivity index (χ3v) is 3.87. The fourth-order valence-electron chi connectivity index (χ4n) is 1.87.